The lowest BCUT2D eigenvalue weighted by Crippen LogP contribution is -2.21. The van der Waals surface area contributed by atoms with Crippen LogP contribution in [0.1, 0.15) is 54.3 Å². The van der Waals surface area contributed by atoms with Crippen molar-refractivity contribution < 1.29 is 14.6 Å². The zero-order chi connectivity index (χ0) is 18.8. The molecule has 1 heterocycles. The van der Waals surface area contributed by atoms with E-state index in [2.05, 4.69) is 19.9 Å². The van der Waals surface area contributed by atoms with Gasteiger partial charge in [0, 0.05) is 11.6 Å². The molecule has 0 fully saturated rings. The SMILES string of the molecule is CC[C@@H](C)Cc1cc(OC)ccc1[C@@H]1c2nc(C)ccc2C[C@H]1C(=O)O. The lowest BCUT2D eigenvalue weighted by molar-refractivity contribution is -0.141. The van der Waals surface area contributed by atoms with Crippen LogP contribution >= 0.6 is 0 Å². The fourth-order valence-electron chi connectivity index (χ4n) is 3.90. The van der Waals surface area contributed by atoms with Gasteiger partial charge < -0.3 is 9.84 Å². The monoisotopic (exact) mass is 353 g/mol. The van der Waals surface area contributed by atoms with E-state index in [0.717, 1.165) is 41.1 Å². The first kappa shape index (κ1) is 18.4. The molecule has 0 bridgehead atoms. The van der Waals surface area contributed by atoms with E-state index in [1.165, 1.54) is 5.56 Å². The van der Waals surface area contributed by atoms with Crippen LogP contribution in [0.2, 0.25) is 0 Å². The molecule has 2 aromatic rings. The van der Waals surface area contributed by atoms with Gasteiger partial charge in [-0.3, -0.25) is 9.78 Å². The molecule has 0 unspecified atom stereocenters. The predicted octanol–water partition coefficient (Wildman–Crippen LogP) is 4.38. The number of benzene rings is 1. The maximum absolute atomic E-state index is 12.0. The highest BCUT2D eigenvalue weighted by molar-refractivity contribution is 5.75. The highest BCUT2D eigenvalue weighted by Crippen LogP contribution is 2.44. The zero-order valence-electron chi connectivity index (χ0n) is 16.0. The second kappa shape index (κ2) is 7.48. The van der Waals surface area contributed by atoms with Crippen molar-refractivity contribution in [2.45, 2.75) is 46.0 Å². The third-order valence-corrected chi connectivity index (χ3v) is 5.56. The molecule has 0 saturated carbocycles. The lowest BCUT2D eigenvalue weighted by atomic mass is 9.82. The summed E-state index contributed by atoms with van der Waals surface area (Å²) >= 11 is 0. The van der Waals surface area contributed by atoms with Crippen LogP contribution in [0.15, 0.2) is 30.3 Å². The van der Waals surface area contributed by atoms with Crippen LogP contribution < -0.4 is 4.74 Å². The van der Waals surface area contributed by atoms with E-state index in [0.29, 0.717) is 12.3 Å². The Hall–Kier alpha value is -2.36. The summed E-state index contributed by atoms with van der Waals surface area (Å²) in [5, 5.41) is 9.85. The average Bonchev–Trinajstić information content (AvgIpc) is 3.00. The van der Waals surface area contributed by atoms with Crippen molar-refractivity contribution >= 4 is 5.97 Å². The number of rotatable bonds is 6. The fraction of sp³-hybridized carbons (Fsp3) is 0.455. The summed E-state index contributed by atoms with van der Waals surface area (Å²) in [6.45, 7) is 6.36. The van der Waals surface area contributed by atoms with Gasteiger partial charge in [0.2, 0.25) is 0 Å². The van der Waals surface area contributed by atoms with Crippen molar-refractivity contribution in [3.8, 4) is 5.75 Å². The zero-order valence-corrected chi connectivity index (χ0v) is 16.0. The minimum Gasteiger partial charge on any atom is -0.497 e. The van der Waals surface area contributed by atoms with Crippen LogP contribution in [0.3, 0.4) is 0 Å². The summed E-state index contributed by atoms with van der Waals surface area (Å²) in [5.41, 5.74) is 5.16. The number of nitrogens with zero attached hydrogens (tertiary/aromatic N) is 1. The Balaban J connectivity index is 2.13. The quantitative estimate of drug-likeness (QED) is 0.837. The maximum Gasteiger partial charge on any atom is 0.307 e. The predicted molar refractivity (Wildman–Crippen MR) is 102 cm³/mol. The van der Waals surface area contributed by atoms with Gasteiger partial charge in [-0.25, -0.2) is 0 Å². The Bertz CT molecular complexity index is 815. The van der Waals surface area contributed by atoms with Gasteiger partial charge >= 0.3 is 5.97 Å². The molecule has 0 aliphatic heterocycles. The first-order valence-electron chi connectivity index (χ1n) is 9.30. The van der Waals surface area contributed by atoms with Crippen molar-refractivity contribution in [2.75, 3.05) is 7.11 Å². The van der Waals surface area contributed by atoms with E-state index < -0.39 is 11.9 Å². The van der Waals surface area contributed by atoms with Crippen LogP contribution in [0, 0.1) is 18.8 Å². The molecule has 3 rings (SSSR count). The molecule has 0 radical (unpaired) electrons. The normalized spacial score (nSPS) is 19.8. The van der Waals surface area contributed by atoms with Crippen LogP contribution in [-0.2, 0) is 17.6 Å². The summed E-state index contributed by atoms with van der Waals surface area (Å²) in [7, 11) is 1.66. The maximum atomic E-state index is 12.0. The van der Waals surface area contributed by atoms with E-state index in [1.807, 2.05) is 31.2 Å². The molecule has 0 amide bonds. The minimum atomic E-state index is -0.754. The van der Waals surface area contributed by atoms with E-state index >= 15 is 0 Å². The van der Waals surface area contributed by atoms with Crippen LogP contribution in [0.4, 0.5) is 0 Å². The Morgan fingerprint density at radius 3 is 2.77 bits per heavy atom. The van der Waals surface area contributed by atoms with Crippen LogP contribution in [0.25, 0.3) is 0 Å². The second-order valence-corrected chi connectivity index (χ2v) is 7.41. The molecule has 1 aromatic heterocycles. The highest BCUT2D eigenvalue weighted by Gasteiger charge is 2.40. The van der Waals surface area contributed by atoms with Crippen LogP contribution in [-0.4, -0.2) is 23.2 Å². The number of aliphatic carboxylic acids is 1. The summed E-state index contributed by atoms with van der Waals surface area (Å²) in [6, 6.07) is 10.0. The molecule has 26 heavy (non-hydrogen) atoms. The number of methoxy groups -OCH3 is 1. The number of carbonyl (C=O) groups is 1. The molecule has 0 saturated heterocycles. The van der Waals surface area contributed by atoms with E-state index in [9.17, 15) is 9.90 Å². The molecular weight excluding hydrogens is 326 g/mol. The Labute approximate surface area is 155 Å². The number of hydrogen-bond donors (Lipinski definition) is 1. The molecule has 4 nitrogen and oxygen atoms in total. The first-order valence-corrected chi connectivity index (χ1v) is 9.30. The summed E-state index contributed by atoms with van der Waals surface area (Å²) in [5.74, 6) is -0.0865. The molecular formula is C22H27NO3. The minimum absolute atomic E-state index is 0.202. The third kappa shape index (κ3) is 3.46. The van der Waals surface area contributed by atoms with E-state index in [-0.39, 0.29) is 5.92 Å². The smallest absolute Gasteiger partial charge is 0.307 e. The Kier molecular flexibility index (Phi) is 5.30. The van der Waals surface area contributed by atoms with Crippen molar-refractivity contribution in [2.24, 2.45) is 11.8 Å². The molecule has 1 N–H and O–H groups in total. The van der Waals surface area contributed by atoms with Crippen molar-refractivity contribution in [1.29, 1.82) is 0 Å². The summed E-state index contributed by atoms with van der Waals surface area (Å²) in [6.07, 6.45) is 2.53. The van der Waals surface area contributed by atoms with Gasteiger partial charge in [0.25, 0.3) is 0 Å². The summed E-state index contributed by atoms with van der Waals surface area (Å²) in [4.78, 5) is 16.7. The van der Waals surface area contributed by atoms with Gasteiger partial charge in [-0.1, -0.05) is 32.4 Å². The number of aryl methyl sites for hydroxylation is 1. The Morgan fingerprint density at radius 2 is 2.12 bits per heavy atom. The van der Waals surface area contributed by atoms with Crippen molar-refractivity contribution in [3.05, 3.63) is 58.4 Å². The highest BCUT2D eigenvalue weighted by atomic mass is 16.5. The second-order valence-electron chi connectivity index (χ2n) is 7.41. The third-order valence-electron chi connectivity index (χ3n) is 5.56. The van der Waals surface area contributed by atoms with Crippen LogP contribution in [0.5, 0.6) is 5.75 Å². The molecule has 138 valence electrons. The van der Waals surface area contributed by atoms with Crippen molar-refractivity contribution in [3.63, 3.8) is 0 Å². The molecule has 1 aliphatic rings. The molecule has 1 aromatic carbocycles. The molecule has 4 heteroatoms. The number of pyridine rings is 1. The van der Waals surface area contributed by atoms with Gasteiger partial charge in [0.1, 0.15) is 5.75 Å². The number of fused-ring (bicyclic) bond motifs is 1. The van der Waals surface area contributed by atoms with Gasteiger partial charge in [-0.15, -0.1) is 0 Å². The number of ether oxygens (including phenoxy) is 1. The van der Waals surface area contributed by atoms with Gasteiger partial charge in [0.05, 0.1) is 18.7 Å². The molecule has 0 spiro atoms. The molecule has 3 atom stereocenters. The van der Waals surface area contributed by atoms with E-state index in [1.54, 1.807) is 7.11 Å². The molecule has 1 aliphatic carbocycles. The number of carboxylic acids is 1. The Morgan fingerprint density at radius 1 is 1.35 bits per heavy atom. The number of hydrogen-bond acceptors (Lipinski definition) is 3. The lowest BCUT2D eigenvalue weighted by Gasteiger charge is -2.22. The van der Waals surface area contributed by atoms with Gasteiger partial charge in [-0.05, 0) is 60.6 Å². The fourth-order valence-corrected chi connectivity index (χ4v) is 3.90. The topological polar surface area (TPSA) is 59.4 Å². The van der Waals surface area contributed by atoms with Gasteiger partial charge in [0.15, 0.2) is 0 Å². The number of aromatic nitrogens is 1. The van der Waals surface area contributed by atoms with Crippen molar-refractivity contribution in [1.82, 2.24) is 4.98 Å². The van der Waals surface area contributed by atoms with Gasteiger partial charge in [-0.2, -0.15) is 0 Å². The van der Waals surface area contributed by atoms with E-state index in [4.69, 9.17) is 9.72 Å². The summed E-state index contributed by atoms with van der Waals surface area (Å²) < 4.78 is 5.42. The first-order chi connectivity index (χ1) is 12.4. The standard InChI is InChI=1S/C22H27NO3/c1-5-13(2)10-16-11-17(26-4)8-9-18(16)20-19(22(24)25)12-15-7-6-14(3)23-21(15)20/h6-9,11,13,19-20H,5,10,12H2,1-4H3,(H,24,25)/t13-,19-,20+/m1/s1. The average molecular weight is 353 g/mol. The largest absolute Gasteiger partial charge is 0.497 e. The number of carboxylic acid groups (broad SMARTS) is 1.